The Hall–Kier alpha value is -2.43. The van der Waals surface area contributed by atoms with E-state index in [1.165, 1.54) is 6.07 Å². The van der Waals surface area contributed by atoms with Gasteiger partial charge < -0.3 is 9.73 Å². The highest BCUT2D eigenvalue weighted by atomic mass is 79.9. The average molecular weight is 474 g/mol. The summed E-state index contributed by atoms with van der Waals surface area (Å²) in [6.45, 7) is 0. The molecule has 142 valence electrons. The van der Waals surface area contributed by atoms with E-state index < -0.39 is 11.8 Å². The fourth-order valence-electron chi connectivity index (χ4n) is 1.82. The highest BCUT2D eigenvalue weighted by Gasteiger charge is 2.13. The number of carbonyl (C=O) groups excluding carboxylic acids is 3. The summed E-state index contributed by atoms with van der Waals surface area (Å²) in [5.41, 5.74) is 5.12. The first-order valence-electron chi connectivity index (χ1n) is 7.55. The second-order valence-corrected chi connectivity index (χ2v) is 6.69. The summed E-state index contributed by atoms with van der Waals surface area (Å²) >= 11 is 13.9. The SMILES string of the molecule is O=C(CCC(=O)Nc1ccccc1Cl)NNC(=S)NC(=O)c1ccc(Br)o1. The van der Waals surface area contributed by atoms with Gasteiger partial charge in [0.15, 0.2) is 15.5 Å². The summed E-state index contributed by atoms with van der Waals surface area (Å²) in [6, 6.07) is 9.78. The van der Waals surface area contributed by atoms with Crippen LogP contribution in [0.1, 0.15) is 23.4 Å². The van der Waals surface area contributed by atoms with Gasteiger partial charge >= 0.3 is 0 Å². The molecule has 0 aliphatic carbocycles. The standard InChI is InChI=1S/C16H14BrClN4O4S/c17-12-6-5-11(26-12)15(25)20-16(27)22-21-14(24)8-7-13(23)19-10-4-2-1-3-9(10)18/h1-6H,7-8H2,(H,19,23)(H,21,24)(H2,20,22,25,27). The van der Waals surface area contributed by atoms with Gasteiger partial charge in [0.05, 0.1) is 10.7 Å². The summed E-state index contributed by atoms with van der Waals surface area (Å²) in [6.07, 6.45) is -0.150. The van der Waals surface area contributed by atoms with Crippen LogP contribution in [0.15, 0.2) is 45.5 Å². The molecule has 0 radical (unpaired) electrons. The largest absolute Gasteiger partial charge is 0.444 e. The second kappa shape index (κ2) is 10.0. The van der Waals surface area contributed by atoms with Gasteiger partial charge in [0, 0.05) is 12.8 Å². The number of furan rings is 1. The van der Waals surface area contributed by atoms with Crippen LogP contribution in [0.4, 0.5) is 5.69 Å². The molecule has 0 bridgehead atoms. The van der Waals surface area contributed by atoms with Crippen LogP contribution in [0, 0.1) is 0 Å². The van der Waals surface area contributed by atoms with Crippen LogP contribution in [0.2, 0.25) is 5.02 Å². The van der Waals surface area contributed by atoms with Crippen molar-refractivity contribution >= 4 is 68.3 Å². The predicted molar refractivity (Wildman–Crippen MR) is 107 cm³/mol. The Balaban J connectivity index is 1.68. The number of hydrogen-bond donors (Lipinski definition) is 4. The lowest BCUT2D eigenvalue weighted by Crippen LogP contribution is -2.48. The maximum atomic E-state index is 11.8. The first-order chi connectivity index (χ1) is 12.8. The Morgan fingerprint density at radius 3 is 2.41 bits per heavy atom. The van der Waals surface area contributed by atoms with Crippen LogP contribution < -0.4 is 21.5 Å². The molecule has 0 unspecified atom stereocenters. The van der Waals surface area contributed by atoms with Crippen LogP contribution in [0.25, 0.3) is 0 Å². The van der Waals surface area contributed by atoms with Gasteiger partial charge in [0.1, 0.15) is 0 Å². The smallest absolute Gasteiger partial charge is 0.293 e. The van der Waals surface area contributed by atoms with E-state index in [1.807, 2.05) is 0 Å². The topological polar surface area (TPSA) is 112 Å². The number of benzene rings is 1. The minimum Gasteiger partial charge on any atom is -0.444 e. The Morgan fingerprint density at radius 1 is 1.04 bits per heavy atom. The van der Waals surface area contributed by atoms with Crippen molar-refractivity contribution in [3.8, 4) is 0 Å². The molecule has 0 aliphatic heterocycles. The first kappa shape index (κ1) is 20.9. The zero-order chi connectivity index (χ0) is 19.8. The van der Waals surface area contributed by atoms with E-state index in [2.05, 4.69) is 37.4 Å². The van der Waals surface area contributed by atoms with Gasteiger partial charge in [-0.25, -0.2) is 0 Å². The normalized spacial score (nSPS) is 10.0. The lowest BCUT2D eigenvalue weighted by atomic mass is 10.2. The molecule has 0 saturated carbocycles. The van der Waals surface area contributed by atoms with Crippen molar-refractivity contribution in [2.75, 3.05) is 5.32 Å². The van der Waals surface area contributed by atoms with E-state index in [1.54, 1.807) is 30.3 Å². The minimum absolute atomic E-state index is 0.0496. The van der Waals surface area contributed by atoms with Crippen molar-refractivity contribution in [1.82, 2.24) is 16.2 Å². The molecule has 0 fully saturated rings. The Kier molecular flexibility index (Phi) is 7.77. The number of nitrogens with one attached hydrogen (secondary N) is 4. The van der Waals surface area contributed by atoms with Crippen molar-refractivity contribution in [2.45, 2.75) is 12.8 Å². The highest BCUT2D eigenvalue weighted by molar-refractivity contribution is 9.10. The molecule has 0 spiro atoms. The Labute approximate surface area is 173 Å². The third-order valence-corrected chi connectivity index (χ3v) is 4.03. The number of amides is 3. The van der Waals surface area contributed by atoms with Gasteiger partial charge in [-0.05, 0) is 52.4 Å². The zero-order valence-electron chi connectivity index (χ0n) is 13.7. The molecule has 0 saturated heterocycles. The van der Waals surface area contributed by atoms with E-state index in [-0.39, 0.29) is 29.6 Å². The van der Waals surface area contributed by atoms with Crippen LogP contribution in [-0.2, 0) is 9.59 Å². The lowest BCUT2D eigenvalue weighted by molar-refractivity contribution is -0.124. The molecule has 8 nitrogen and oxygen atoms in total. The van der Waals surface area contributed by atoms with Gasteiger partial charge in [-0.2, -0.15) is 0 Å². The van der Waals surface area contributed by atoms with Gasteiger partial charge in [-0.3, -0.25) is 30.6 Å². The number of thiocarbonyl (C=S) groups is 1. The third kappa shape index (κ3) is 7.00. The maximum absolute atomic E-state index is 11.8. The Morgan fingerprint density at radius 2 is 1.74 bits per heavy atom. The molecule has 4 N–H and O–H groups in total. The second-order valence-electron chi connectivity index (χ2n) is 5.09. The molecule has 3 amide bonds. The molecule has 1 aromatic heterocycles. The zero-order valence-corrected chi connectivity index (χ0v) is 16.8. The van der Waals surface area contributed by atoms with Crippen LogP contribution in [0.5, 0.6) is 0 Å². The summed E-state index contributed by atoms with van der Waals surface area (Å²) in [5.74, 6) is -1.38. The predicted octanol–water partition coefficient (Wildman–Crippen LogP) is 2.75. The van der Waals surface area contributed by atoms with E-state index in [4.69, 9.17) is 28.2 Å². The number of rotatable bonds is 5. The molecule has 2 rings (SSSR count). The first-order valence-corrected chi connectivity index (χ1v) is 9.13. The minimum atomic E-state index is -0.577. The van der Waals surface area contributed by atoms with Crippen LogP contribution in [-0.4, -0.2) is 22.8 Å². The maximum Gasteiger partial charge on any atom is 0.293 e. The van der Waals surface area contributed by atoms with Crippen molar-refractivity contribution in [3.05, 3.63) is 51.9 Å². The van der Waals surface area contributed by atoms with Crippen molar-refractivity contribution in [3.63, 3.8) is 0 Å². The summed E-state index contributed by atoms with van der Waals surface area (Å²) in [7, 11) is 0. The molecule has 0 aliphatic rings. The molecular weight excluding hydrogens is 460 g/mol. The molecule has 0 atom stereocenters. The van der Waals surface area contributed by atoms with Gasteiger partial charge in [0.2, 0.25) is 11.8 Å². The van der Waals surface area contributed by atoms with E-state index >= 15 is 0 Å². The fourth-order valence-corrected chi connectivity index (χ4v) is 2.46. The van der Waals surface area contributed by atoms with E-state index in [0.29, 0.717) is 15.4 Å². The number of hydrogen-bond acceptors (Lipinski definition) is 5. The molecular formula is C16H14BrClN4O4S. The van der Waals surface area contributed by atoms with Crippen molar-refractivity contribution < 1.29 is 18.8 Å². The van der Waals surface area contributed by atoms with E-state index in [0.717, 1.165) is 0 Å². The lowest BCUT2D eigenvalue weighted by Gasteiger charge is -2.10. The summed E-state index contributed by atoms with van der Waals surface area (Å²) in [4.78, 5) is 35.4. The van der Waals surface area contributed by atoms with E-state index in [9.17, 15) is 14.4 Å². The third-order valence-electron chi connectivity index (χ3n) is 3.07. The number of carbonyl (C=O) groups is 3. The molecule has 2 aromatic rings. The number of para-hydroxylation sites is 1. The Bertz CT molecular complexity index is 874. The average Bonchev–Trinajstić information content (AvgIpc) is 3.07. The molecule has 1 aromatic carbocycles. The molecule has 1 heterocycles. The number of hydrazine groups is 1. The van der Waals surface area contributed by atoms with Crippen molar-refractivity contribution in [1.29, 1.82) is 0 Å². The molecule has 27 heavy (non-hydrogen) atoms. The summed E-state index contributed by atoms with van der Waals surface area (Å²) in [5, 5.41) is 5.22. The van der Waals surface area contributed by atoms with Crippen LogP contribution in [0.3, 0.4) is 0 Å². The highest BCUT2D eigenvalue weighted by Crippen LogP contribution is 2.20. The van der Waals surface area contributed by atoms with Crippen molar-refractivity contribution in [2.24, 2.45) is 0 Å². The van der Waals surface area contributed by atoms with Crippen LogP contribution >= 0.6 is 39.7 Å². The van der Waals surface area contributed by atoms with Gasteiger partial charge in [-0.15, -0.1) is 0 Å². The monoisotopic (exact) mass is 472 g/mol. The molecule has 11 heteroatoms. The van der Waals surface area contributed by atoms with Gasteiger partial charge in [0.25, 0.3) is 5.91 Å². The quantitative estimate of drug-likeness (QED) is 0.392. The number of halogens is 2. The van der Waals surface area contributed by atoms with Gasteiger partial charge in [-0.1, -0.05) is 23.7 Å². The fraction of sp³-hybridized carbons (Fsp3) is 0.125. The number of anilines is 1. The summed E-state index contributed by atoms with van der Waals surface area (Å²) < 4.78 is 5.47.